The summed E-state index contributed by atoms with van der Waals surface area (Å²) < 4.78 is 28.5. The van der Waals surface area contributed by atoms with E-state index in [1.54, 1.807) is 18.2 Å². The first kappa shape index (κ1) is 16.1. The van der Waals surface area contributed by atoms with Gasteiger partial charge in [-0.3, -0.25) is 4.40 Å². The molecule has 0 radical (unpaired) electrons. The Bertz CT molecular complexity index is 1070. The van der Waals surface area contributed by atoms with E-state index in [0.29, 0.717) is 22.8 Å². The second-order valence-corrected chi connectivity index (χ2v) is 6.80. The Morgan fingerprint density at radius 3 is 2.52 bits per heavy atom. The summed E-state index contributed by atoms with van der Waals surface area (Å²) in [5.74, 6) is -0.00893. The average Bonchev–Trinajstić information content (AvgIpc) is 3.11. The van der Waals surface area contributed by atoms with Crippen LogP contribution in [0, 0.1) is 18.6 Å². The number of hydrogen-bond donors (Lipinski definition) is 1. The summed E-state index contributed by atoms with van der Waals surface area (Å²) in [4.78, 5) is 5.44. The van der Waals surface area contributed by atoms with Gasteiger partial charge < -0.3 is 5.32 Å². The largest absolute Gasteiger partial charge is 0.339 e. The number of fused-ring (bicyclic) bond motifs is 1. The normalized spacial score (nSPS) is 11.2. The molecule has 1 N–H and O–H groups in total. The number of nitrogens with one attached hydrogen (secondary N) is 1. The first-order valence-corrected chi connectivity index (χ1v) is 8.73. The second-order valence-electron chi connectivity index (χ2n) is 5.56. The van der Waals surface area contributed by atoms with E-state index in [9.17, 15) is 8.78 Å². The number of hydrogen-bond acceptors (Lipinski definition) is 3. The molecule has 3 nitrogen and oxygen atoms in total. The van der Waals surface area contributed by atoms with Gasteiger partial charge in [0.15, 0.2) is 4.96 Å². The maximum atomic E-state index is 13.4. The van der Waals surface area contributed by atoms with Crippen LogP contribution in [0.2, 0.25) is 5.02 Å². The lowest BCUT2D eigenvalue weighted by Crippen LogP contribution is -1.98. The van der Waals surface area contributed by atoms with E-state index >= 15 is 0 Å². The number of thiazole rings is 1. The summed E-state index contributed by atoms with van der Waals surface area (Å²) in [6, 6.07) is 10.3. The molecule has 0 saturated carbocycles. The van der Waals surface area contributed by atoms with E-state index in [2.05, 4.69) is 10.3 Å². The molecule has 2 heterocycles. The lowest BCUT2D eigenvalue weighted by Gasteiger charge is -2.10. The number of imidazole rings is 1. The van der Waals surface area contributed by atoms with Gasteiger partial charge in [-0.15, -0.1) is 11.3 Å². The van der Waals surface area contributed by atoms with Crippen LogP contribution in [0.5, 0.6) is 0 Å². The molecule has 0 fully saturated rings. The first-order chi connectivity index (χ1) is 12.0. The quantitative estimate of drug-likeness (QED) is 0.472. The smallest absolute Gasteiger partial charge is 0.196 e. The Morgan fingerprint density at radius 2 is 1.80 bits per heavy atom. The molecule has 0 bridgehead atoms. The van der Waals surface area contributed by atoms with Gasteiger partial charge >= 0.3 is 0 Å². The molecular weight excluding hydrogens is 364 g/mol. The number of aromatic nitrogens is 2. The number of nitrogens with zero attached hydrogens (tertiary/aromatic N) is 2. The summed E-state index contributed by atoms with van der Waals surface area (Å²) in [6.45, 7) is 1.97. The molecule has 0 amide bonds. The van der Waals surface area contributed by atoms with E-state index in [0.717, 1.165) is 10.7 Å². The van der Waals surface area contributed by atoms with E-state index in [1.807, 2.05) is 16.7 Å². The molecule has 25 heavy (non-hydrogen) atoms. The number of anilines is 2. The van der Waals surface area contributed by atoms with E-state index in [-0.39, 0.29) is 10.8 Å². The highest BCUT2D eigenvalue weighted by Gasteiger charge is 2.19. The van der Waals surface area contributed by atoms with Crippen molar-refractivity contribution >= 4 is 39.4 Å². The third-order valence-corrected chi connectivity index (χ3v) is 5.08. The highest BCUT2D eigenvalue weighted by atomic mass is 35.5. The summed E-state index contributed by atoms with van der Waals surface area (Å²) in [5, 5.41) is 5.56. The summed E-state index contributed by atoms with van der Waals surface area (Å²) in [7, 11) is 0. The molecule has 0 aliphatic carbocycles. The predicted octanol–water partition coefficient (Wildman–Crippen LogP) is 6.05. The molecule has 0 aliphatic heterocycles. The van der Waals surface area contributed by atoms with Crippen molar-refractivity contribution in [3.05, 3.63) is 70.2 Å². The van der Waals surface area contributed by atoms with Crippen LogP contribution < -0.4 is 5.32 Å². The Hall–Kier alpha value is -2.44. The van der Waals surface area contributed by atoms with Gasteiger partial charge in [0.25, 0.3) is 0 Å². The van der Waals surface area contributed by atoms with Crippen LogP contribution in [0.25, 0.3) is 16.2 Å². The number of benzene rings is 2. The minimum absolute atomic E-state index is 0.283. The van der Waals surface area contributed by atoms with Crippen LogP contribution in [0.3, 0.4) is 0 Å². The molecule has 7 heteroatoms. The fraction of sp³-hybridized carbons (Fsp3) is 0.0556. The zero-order valence-electron chi connectivity index (χ0n) is 13.1. The number of halogens is 3. The van der Waals surface area contributed by atoms with Crippen LogP contribution >= 0.6 is 22.9 Å². The van der Waals surface area contributed by atoms with Crippen molar-refractivity contribution in [2.45, 2.75) is 6.92 Å². The van der Waals surface area contributed by atoms with Crippen molar-refractivity contribution in [2.75, 3.05) is 5.32 Å². The van der Waals surface area contributed by atoms with Gasteiger partial charge in [-0.1, -0.05) is 11.6 Å². The third-order valence-electron chi connectivity index (χ3n) is 3.83. The molecule has 2 aromatic heterocycles. The molecule has 4 rings (SSSR count). The molecule has 126 valence electrons. The fourth-order valence-corrected chi connectivity index (χ4v) is 3.77. The molecule has 0 aliphatic rings. The zero-order valence-corrected chi connectivity index (χ0v) is 14.6. The van der Waals surface area contributed by atoms with Crippen LogP contribution in [0.1, 0.15) is 5.69 Å². The maximum absolute atomic E-state index is 13.4. The highest BCUT2D eigenvalue weighted by molar-refractivity contribution is 7.15. The Morgan fingerprint density at radius 1 is 1.08 bits per heavy atom. The summed E-state index contributed by atoms with van der Waals surface area (Å²) in [5.41, 5.74) is 2.96. The lowest BCUT2D eigenvalue weighted by molar-refractivity contribution is 0.627. The van der Waals surface area contributed by atoms with Gasteiger partial charge in [-0.25, -0.2) is 13.8 Å². The standard InChI is InChI=1S/C18H12ClF2N3S/c1-10-9-25-18-23-16(14-7-4-12(21)8-15(14)19)17(24(10)18)22-13-5-2-11(20)3-6-13/h2-9,22H,1H3. The molecule has 2 aromatic carbocycles. The minimum atomic E-state index is -0.404. The summed E-state index contributed by atoms with van der Waals surface area (Å²) in [6.07, 6.45) is 0. The van der Waals surface area contributed by atoms with Crippen molar-refractivity contribution in [2.24, 2.45) is 0 Å². The van der Waals surface area contributed by atoms with Crippen LogP contribution in [0.4, 0.5) is 20.3 Å². The second kappa shape index (κ2) is 6.13. The van der Waals surface area contributed by atoms with Gasteiger partial charge in [0.1, 0.15) is 23.1 Å². The van der Waals surface area contributed by atoms with Crippen LogP contribution in [-0.4, -0.2) is 9.38 Å². The Balaban J connectivity index is 1.90. The van der Waals surface area contributed by atoms with Crippen LogP contribution in [-0.2, 0) is 0 Å². The predicted molar refractivity (Wildman–Crippen MR) is 97.9 cm³/mol. The van der Waals surface area contributed by atoms with Gasteiger partial charge in [0.05, 0.1) is 5.02 Å². The van der Waals surface area contributed by atoms with E-state index < -0.39 is 5.82 Å². The topological polar surface area (TPSA) is 29.3 Å². The SMILES string of the molecule is Cc1csc2nc(-c3ccc(F)cc3Cl)c(Nc3ccc(F)cc3)n12. The first-order valence-electron chi connectivity index (χ1n) is 7.47. The minimum Gasteiger partial charge on any atom is -0.339 e. The lowest BCUT2D eigenvalue weighted by atomic mass is 10.1. The van der Waals surface area contributed by atoms with Crippen molar-refractivity contribution in [1.29, 1.82) is 0 Å². The van der Waals surface area contributed by atoms with Crippen molar-refractivity contribution in [1.82, 2.24) is 9.38 Å². The summed E-state index contributed by atoms with van der Waals surface area (Å²) >= 11 is 7.73. The zero-order chi connectivity index (χ0) is 17.6. The average molecular weight is 376 g/mol. The maximum Gasteiger partial charge on any atom is 0.196 e. The van der Waals surface area contributed by atoms with E-state index in [1.165, 1.54) is 35.6 Å². The Kier molecular flexibility index (Phi) is 3.94. The third kappa shape index (κ3) is 2.88. The highest BCUT2D eigenvalue weighted by Crippen LogP contribution is 2.37. The van der Waals surface area contributed by atoms with Crippen molar-refractivity contribution in [3.8, 4) is 11.3 Å². The number of aryl methyl sites for hydroxylation is 1. The Labute approximate surface area is 151 Å². The monoisotopic (exact) mass is 375 g/mol. The van der Waals surface area contributed by atoms with Gasteiger partial charge in [0.2, 0.25) is 0 Å². The van der Waals surface area contributed by atoms with Crippen LogP contribution in [0.15, 0.2) is 47.8 Å². The van der Waals surface area contributed by atoms with E-state index in [4.69, 9.17) is 11.6 Å². The molecular formula is C18H12ClF2N3S. The van der Waals surface area contributed by atoms with Gasteiger partial charge in [0, 0.05) is 22.3 Å². The van der Waals surface area contributed by atoms with Gasteiger partial charge in [-0.2, -0.15) is 0 Å². The van der Waals surface area contributed by atoms with Crippen molar-refractivity contribution in [3.63, 3.8) is 0 Å². The fourth-order valence-electron chi connectivity index (χ4n) is 2.65. The molecule has 0 atom stereocenters. The molecule has 4 aromatic rings. The number of rotatable bonds is 3. The van der Waals surface area contributed by atoms with Gasteiger partial charge in [-0.05, 0) is 49.4 Å². The molecule has 0 spiro atoms. The molecule has 0 saturated heterocycles. The molecule has 0 unspecified atom stereocenters. The van der Waals surface area contributed by atoms with Crippen molar-refractivity contribution < 1.29 is 8.78 Å².